The van der Waals surface area contributed by atoms with E-state index in [-0.39, 0.29) is 35.5 Å². The van der Waals surface area contributed by atoms with Gasteiger partial charge in [0.05, 0.1) is 36.9 Å². The Morgan fingerprint density at radius 1 is 0.938 bits per heavy atom. The molecule has 3 aromatic carbocycles. The second kappa shape index (κ2) is 13.4. The zero-order valence-corrected chi connectivity index (χ0v) is 26.7. The van der Waals surface area contributed by atoms with Gasteiger partial charge >= 0.3 is 18.3 Å². The van der Waals surface area contributed by atoms with Crippen LogP contribution in [0.15, 0.2) is 30.3 Å². The highest BCUT2D eigenvalue weighted by atomic mass is 19.4. The van der Waals surface area contributed by atoms with Crippen molar-refractivity contribution >= 4 is 11.9 Å². The Labute approximate surface area is 271 Å². The van der Waals surface area contributed by atoms with Crippen LogP contribution in [-0.2, 0) is 47.8 Å². The van der Waals surface area contributed by atoms with E-state index in [1.807, 2.05) is 0 Å². The Bertz CT molecular complexity index is 1740. The molecule has 5 rings (SSSR count). The molecule has 0 fully saturated rings. The van der Waals surface area contributed by atoms with Gasteiger partial charge in [0.1, 0.15) is 5.82 Å². The highest BCUT2D eigenvalue weighted by Crippen LogP contribution is 2.52. The average molecular weight is 688 g/mol. The molecule has 1 amide bonds. The van der Waals surface area contributed by atoms with Crippen LogP contribution >= 0.6 is 0 Å². The van der Waals surface area contributed by atoms with Crippen LogP contribution in [0.2, 0.25) is 0 Å². The van der Waals surface area contributed by atoms with E-state index in [9.17, 15) is 27.2 Å². The topological polar surface area (TPSA) is 76.1 Å². The minimum Gasteiger partial charge on any atom is -0.490 e. The first-order chi connectivity index (χ1) is 22.1. The molecular weight excluding hydrogens is 654 g/mol. The fourth-order valence-electron chi connectivity index (χ4n) is 5.91. The maximum atomic E-state index is 15.3. The summed E-state index contributed by atoms with van der Waals surface area (Å²) in [6, 6.07) is 4.88. The summed E-state index contributed by atoms with van der Waals surface area (Å²) in [4.78, 5) is 26.3. The number of esters is 1. The highest BCUT2D eigenvalue weighted by Gasteiger charge is 2.49. The first-order valence-electron chi connectivity index (χ1n) is 14.8. The lowest BCUT2D eigenvalue weighted by Crippen LogP contribution is -2.26. The van der Waals surface area contributed by atoms with Gasteiger partial charge in [-0.05, 0) is 98.2 Å². The number of ether oxygens (including phenoxy) is 2. The molecule has 14 heteroatoms. The number of halogens is 8. The van der Waals surface area contributed by atoms with Crippen LogP contribution in [0.1, 0.15) is 76.5 Å². The Morgan fingerprint density at radius 2 is 1.52 bits per heavy atom. The monoisotopic (exact) mass is 687 g/mol. The van der Waals surface area contributed by atoms with Gasteiger partial charge in [-0.1, -0.05) is 6.07 Å². The lowest BCUT2D eigenvalue weighted by molar-refractivity contribution is -0.144. The van der Waals surface area contributed by atoms with E-state index >= 15 is 17.6 Å². The van der Waals surface area contributed by atoms with Crippen molar-refractivity contribution in [3.8, 4) is 16.9 Å². The van der Waals surface area contributed by atoms with Crippen molar-refractivity contribution in [2.45, 2.75) is 78.0 Å². The number of methoxy groups -OCH3 is 1. The minimum absolute atomic E-state index is 0.0616. The van der Waals surface area contributed by atoms with Crippen LogP contribution in [0.4, 0.5) is 35.1 Å². The largest absolute Gasteiger partial charge is 0.490 e. The maximum Gasteiger partial charge on any atom is 0.417 e. The number of alkyl halides is 6. The van der Waals surface area contributed by atoms with E-state index in [1.54, 1.807) is 20.8 Å². The molecule has 2 heterocycles. The van der Waals surface area contributed by atoms with Crippen molar-refractivity contribution in [1.82, 2.24) is 4.90 Å². The molecule has 0 unspecified atom stereocenters. The summed E-state index contributed by atoms with van der Waals surface area (Å²) in [7, 11) is 0.869. The second-order valence-corrected chi connectivity index (χ2v) is 12.4. The zero-order chi connectivity index (χ0) is 35.9. The van der Waals surface area contributed by atoms with E-state index in [1.165, 1.54) is 19.1 Å². The maximum absolute atomic E-state index is 15.3. The Kier molecular flexibility index (Phi) is 10.2. The first-order valence-corrected chi connectivity index (χ1v) is 14.8. The van der Waals surface area contributed by atoms with E-state index in [4.69, 9.17) is 9.84 Å². The summed E-state index contributed by atoms with van der Waals surface area (Å²) in [5.41, 5.74) is -7.84. The molecule has 3 aromatic rings. The lowest BCUT2D eigenvalue weighted by Gasteiger charge is -2.28. The van der Waals surface area contributed by atoms with Gasteiger partial charge in [0.2, 0.25) is 0 Å². The van der Waals surface area contributed by atoms with Crippen LogP contribution in [0, 0.1) is 18.6 Å². The van der Waals surface area contributed by atoms with Gasteiger partial charge < -0.3 is 19.5 Å². The van der Waals surface area contributed by atoms with Gasteiger partial charge in [-0.15, -0.1) is 0 Å². The van der Waals surface area contributed by atoms with E-state index in [0.29, 0.717) is 12.5 Å². The molecule has 0 bridgehead atoms. The Morgan fingerprint density at radius 3 is 2.06 bits per heavy atom. The second-order valence-electron chi connectivity index (χ2n) is 12.4. The zero-order valence-electron chi connectivity index (χ0n) is 26.7. The normalized spacial score (nSPS) is 14.4. The van der Waals surface area contributed by atoms with Crippen molar-refractivity contribution in [2.75, 3.05) is 13.7 Å². The molecule has 48 heavy (non-hydrogen) atoms. The predicted octanol–water partition coefficient (Wildman–Crippen LogP) is 7.95. The molecule has 2 aliphatic heterocycles. The van der Waals surface area contributed by atoms with Crippen LogP contribution in [0.25, 0.3) is 11.1 Å². The van der Waals surface area contributed by atoms with Crippen molar-refractivity contribution in [1.29, 1.82) is 0 Å². The smallest absolute Gasteiger partial charge is 0.417 e. The number of rotatable bonds is 4. The third-order valence-electron chi connectivity index (χ3n) is 7.70. The fourth-order valence-corrected chi connectivity index (χ4v) is 5.91. The van der Waals surface area contributed by atoms with Gasteiger partial charge in [-0.25, -0.2) is 8.78 Å². The molecule has 1 N–H and O–H groups in total. The van der Waals surface area contributed by atoms with E-state index in [2.05, 4.69) is 4.74 Å². The van der Waals surface area contributed by atoms with Crippen LogP contribution in [-0.4, -0.2) is 41.2 Å². The number of hydrogen-bond donors (Lipinski definition) is 1. The van der Waals surface area contributed by atoms with Crippen LogP contribution < -0.4 is 4.74 Å². The van der Waals surface area contributed by atoms with Crippen molar-refractivity contribution in [3.63, 3.8) is 0 Å². The number of amides is 1. The Balaban J connectivity index is 0.000000968. The van der Waals surface area contributed by atoms with Gasteiger partial charge in [-0.3, -0.25) is 9.59 Å². The quantitative estimate of drug-likeness (QED) is 0.223. The molecule has 0 saturated heterocycles. The van der Waals surface area contributed by atoms with Gasteiger partial charge in [0.15, 0.2) is 11.6 Å². The summed E-state index contributed by atoms with van der Waals surface area (Å²) in [5, 5.41) is 8.52. The molecule has 0 atom stereocenters. The summed E-state index contributed by atoms with van der Waals surface area (Å²) in [6.45, 7) is 4.93. The summed E-state index contributed by atoms with van der Waals surface area (Å²) < 4.78 is 129. The van der Waals surface area contributed by atoms with Crippen molar-refractivity contribution in [3.05, 3.63) is 86.5 Å². The molecule has 0 aromatic heterocycles. The third kappa shape index (κ3) is 7.74. The van der Waals surface area contributed by atoms with Crippen molar-refractivity contribution in [2.24, 2.45) is 0 Å². The number of fused-ring (bicyclic) bond motifs is 2. The summed E-state index contributed by atoms with van der Waals surface area (Å²) >= 11 is 0. The summed E-state index contributed by atoms with van der Waals surface area (Å²) in [6.07, 6.45) is -11.2. The molecule has 0 aliphatic carbocycles. The SMILES string of the molecule is CC(C)(C)O.COC(=O)Cc1c(-c2cc(F)c3c(c2C)CCCO3)c(C(F)(F)F)c2c(c1C(F)(F)F)CN(C(=O)c1cccc(F)c1)C2. The molecular formula is C34H33F8NO5. The molecule has 2 aliphatic rings. The summed E-state index contributed by atoms with van der Waals surface area (Å²) in [5.74, 6) is -4.35. The standard InChI is InChI=1S/C30H23F8NO4.C4H10O/c1-14-17-7-4-8-43-27(17)22(32)10-18(14)24-19(11-23(40)42-2)25(29(33,34)35)20-12-39(13-21(20)26(24)30(36,37)38)28(41)15-5-3-6-16(31)9-15;1-4(2,3)5/h3,5-6,9-10H,4,7-8,11-13H2,1-2H3;5H,1-3H3. The number of carbonyl (C=O) groups excluding carboxylic acids is 2. The first kappa shape index (κ1) is 36.6. The molecule has 0 radical (unpaired) electrons. The number of aliphatic hydroxyl groups is 1. The number of nitrogens with zero attached hydrogens (tertiary/aromatic N) is 1. The van der Waals surface area contributed by atoms with Crippen LogP contribution in [0.3, 0.4) is 0 Å². The highest BCUT2D eigenvalue weighted by molar-refractivity contribution is 5.95. The molecule has 0 saturated carbocycles. The minimum atomic E-state index is -5.30. The lowest BCUT2D eigenvalue weighted by atomic mass is 9.80. The van der Waals surface area contributed by atoms with Crippen molar-refractivity contribution < 1.29 is 59.3 Å². The Hall–Kier alpha value is -4.20. The fraction of sp³-hybridized carbons (Fsp3) is 0.412. The number of hydrogen-bond acceptors (Lipinski definition) is 5. The molecule has 6 nitrogen and oxygen atoms in total. The third-order valence-corrected chi connectivity index (χ3v) is 7.70. The van der Waals surface area contributed by atoms with Gasteiger partial charge in [0, 0.05) is 24.2 Å². The van der Waals surface area contributed by atoms with E-state index in [0.717, 1.165) is 24.1 Å². The number of benzene rings is 3. The van der Waals surface area contributed by atoms with Gasteiger partial charge in [-0.2, -0.15) is 26.3 Å². The average Bonchev–Trinajstić information content (AvgIpc) is 3.40. The molecule has 0 spiro atoms. The van der Waals surface area contributed by atoms with E-state index < -0.39 is 99.9 Å². The predicted molar refractivity (Wildman–Crippen MR) is 158 cm³/mol. The number of carbonyl (C=O) groups is 2. The molecule has 260 valence electrons. The van der Waals surface area contributed by atoms with Gasteiger partial charge in [0.25, 0.3) is 5.91 Å². The van der Waals surface area contributed by atoms with Crippen LogP contribution in [0.5, 0.6) is 5.75 Å².